The van der Waals surface area contributed by atoms with Gasteiger partial charge in [0.2, 0.25) is 10.0 Å². The standard InChI is InChI=1S/C16H20N4O3S/c1-23-14-6-5-13(17)12-15(14)24(21,22)20-10-8-19(9-11-20)16-4-2-3-7-18-16/h2-7,12H,8-11,17H2,1H3. The first-order valence-electron chi connectivity index (χ1n) is 7.62. The van der Waals surface area contributed by atoms with Crippen LogP contribution >= 0.6 is 0 Å². The van der Waals surface area contributed by atoms with Gasteiger partial charge in [0.1, 0.15) is 16.5 Å². The lowest BCUT2D eigenvalue weighted by atomic mass is 10.3. The number of benzene rings is 1. The summed E-state index contributed by atoms with van der Waals surface area (Å²) in [6.45, 7) is 1.94. The molecule has 128 valence electrons. The smallest absolute Gasteiger partial charge is 0.246 e. The number of methoxy groups -OCH3 is 1. The van der Waals surface area contributed by atoms with E-state index in [4.69, 9.17) is 10.5 Å². The quantitative estimate of drug-likeness (QED) is 0.835. The number of pyridine rings is 1. The Morgan fingerprint density at radius 3 is 2.50 bits per heavy atom. The lowest BCUT2D eigenvalue weighted by Crippen LogP contribution is -2.49. The summed E-state index contributed by atoms with van der Waals surface area (Å²) in [5.74, 6) is 1.16. The zero-order valence-corrected chi connectivity index (χ0v) is 14.2. The summed E-state index contributed by atoms with van der Waals surface area (Å²) < 4.78 is 32.5. The third-order valence-corrected chi connectivity index (χ3v) is 5.94. The molecule has 1 saturated heterocycles. The first-order chi connectivity index (χ1) is 11.5. The van der Waals surface area contributed by atoms with Gasteiger partial charge in [0.25, 0.3) is 0 Å². The zero-order chi connectivity index (χ0) is 17.2. The van der Waals surface area contributed by atoms with Crippen molar-refractivity contribution < 1.29 is 13.2 Å². The minimum atomic E-state index is -3.65. The SMILES string of the molecule is COc1ccc(N)cc1S(=O)(=O)N1CCN(c2ccccn2)CC1. The zero-order valence-electron chi connectivity index (χ0n) is 13.4. The Morgan fingerprint density at radius 2 is 1.88 bits per heavy atom. The van der Waals surface area contributed by atoms with Crippen LogP contribution in [0.5, 0.6) is 5.75 Å². The summed E-state index contributed by atoms with van der Waals surface area (Å²) in [6, 6.07) is 10.3. The molecule has 0 saturated carbocycles. The average molecular weight is 348 g/mol. The molecule has 2 aromatic rings. The third kappa shape index (κ3) is 3.15. The van der Waals surface area contributed by atoms with Crippen LogP contribution in [0.1, 0.15) is 0 Å². The number of nitrogens with two attached hydrogens (primary N) is 1. The van der Waals surface area contributed by atoms with E-state index >= 15 is 0 Å². The van der Waals surface area contributed by atoms with Crippen molar-refractivity contribution in [2.45, 2.75) is 4.90 Å². The molecule has 2 heterocycles. The van der Waals surface area contributed by atoms with Gasteiger partial charge in [-0.25, -0.2) is 13.4 Å². The van der Waals surface area contributed by atoms with Gasteiger partial charge >= 0.3 is 0 Å². The molecule has 24 heavy (non-hydrogen) atoms. The summed E-state index contributed by atoms with van der Waals surface area (Å²) in [4.78, 5) is 6.49. The molecule has 7 nitrogen and oxygen atoms in total. The second-order valence-electron chi connectivity index (χ2n) is 5.49. The van der Waals surface area contributed by atoms with Gasteiger partial charge in [0.15, 0.2) is 0 Å². The highest BCUT2D eigenvalue weighted by atomic mass is 32.2. The van der Waals surface area contributed by atoms with E-state index in [0.717, 1.165) is 5.82 Å². The molecule has 0 bridgehead atoms. The van der Waals surface area contributed by atoms with Crippen molar-refractivity contribution >= 4 is 21.5 Å². The first kappa shape index (κ1) is 16.5. The van der Waals surface area contributed by atoms with Gasteiger partial charge in [-0.15, -0.1) is 0 Å². The molecule has 3 rings (SSSR count). The topological polar surface area (TPSA) is 88.8 Å². The van der Waals surface area contributed by atoms with Crippen LogP contribution in [0.4, 0.5) is 11.5 Å². The highest BCUT2D eigenvalue weighted by Gasteiger charge is 2.31. The van der Waals surface area contributed by atoms with E-state index in [2.05, 4.69) is 9.88 Å². The van der Waals surface area contributed by atoms with Crippen LogP contribution in [0.25, 0.3) is 0 Å². The Kier molecular flexibility index (Phi) is 4.59. The Bertz CT molecular complexity index is 803. The number of anilines is 2. The van der Waals surface area contributed by atoms with Gasteiger partial charge in [-0.05, 0) is 30.3 Å². The molecule has 2 N–H and O–H groups in total. The summed E-state index contributed by atoms with van der Waals surface area (Å²) in [7, 11) is -2.20. The molecule has 1 aromatic heterocycles. The number of hydrogen-bond acceptors (Lipinski definition) is 6. The fraction of sp³-hybridized carbons (Fsp3) is 0.312. The van der Waals surface area contributed by atoms with Gasteiger partial charge in [-0.2, -0.15) is 4.31 Å². The second kappa shape index (κ2) is 6.66. The van der Waals surface area contributed by atoms with Crippen LogP contribution in [-0.2, 0) is 10.0 Å². The fourth-order valence-corrected chi connectivity index (χ4v) is 4.35. The molecule has 1 aromatic carbocycles. The highest BCUT2D eigenvalue weighted by molar-refractivity contribution is 7.89. The van der Waals surface area contributed by atoms with Crippen molar-refractivity contribution in [3.8, 4) is 5.75 Å². The predicted octanol–water partition coefficient (Wildman–Crippen LogP) is 1.18. The lowest BCUT2D eigenvalue weighted by molar-refractivity contribution is 0.373. The Labute approximate surface area is 141 Å². The highest BCUT2D eigenvalue weighted by Crippen LogP contribution is 2.29. The minimum absolute atomic E-state index is 0.108. The van der Waals surface area contributed by atoms with Crippen LogP contribution in [0.3, 0.4) is 0 Å². The summed E-state index contributed by atoms with van der Waals surface area (Å²) >= 11 is 0. The molecule has 1 aliphatic heterocycles. The largest absolute Gasteiger partial charge is 0.495 e. The van der Waals surface area contributed by atoms with Gasteiger partial charge in [-0.1, -0.05) is 6.07 Å². The molecule has 1 aliphatic rings. The van der Waals surface area contributed by atoms with E-state index < -0.39 is 10.0 Å². The van der Waals surface area contributed by atoms with Crippen molar-refractivity contribution in [3.05, 3.63) is 42.6 Å². The summed E-state index contributed by atoms with van der Waals surface area (Å²) in [5, 5.41) is 0. The molecular formula is C16H20N4O3S. The van der Waals surface area contributed by atoms with Gasteiger partial charge in [0, 0.05) is 38.1 Å². The van der Waals surface area contributed by atoms with E-state index in [1.54, 1.807) is 18.3 Å². The van der Waals surface area contributed by atoms with Crippen LogP contribution in [-0.4, -0.2) is 51.0 Å². The first-order valence-corrected chi connectivity index (χ1v) is 9.06. The van der Waals surface area contributed by atoms with Crippen LogP contribution in [0.15, 0.2) is 47.5 Å². The summed E-state index contributed by atoms with van der Waals surface area (Å²) in [6.07, 6.45) is 1.73. The van der Waals surface area contributed by atoms with Crippen molar-refractivity contribution in [2.75, 3.05) is 43.9 Å². The molecule has 0 aliphatic carbocycles. The number of nitrogens with zero attached hydrogens (tertiary/aromatic N) is 3. The monoisotopic (exact) mass is 348 g/mol. The molecule has 0 radical (unpaired) electrons. The van der Waals surface area contributed by atoms with E-state index in [9.17, 15) is 8.42 Å². The molecular weight excluding hydrogens is 328 g/mol. The number of rotatable bonds is 4. The summed E-state index contributed by atoms with van der Waals surface area (Å²) in [5.41, 5.74) is 6.14. The van der Waals surface area contributed by atoms with Crippen molar-refractivity contribution in [3.63, 3.8) is 0 Å². The van der Waals surface area contributed by atoms with Crippen LogP contribution < -0.4 is 15.4 Å². The average Bonchev–Trinajstić information content (AvgIpc) is 2.62. The number of nitrogen functional groups attached to an aromatic ring is 1. The van der Waals surface area contributed by atoms with Crippen LogP contribution in [0, 0.1) is 0 Å². The number of ether oxygens (including phenoxy) is 1. The molecule has 0 spiro atoms. The normalized spacial score (nSPS) is 16.1. The number of hydrogen-bond donors (Lipinski definition) is 1. The minimum Gasteiger partial charge on any atom is -0.495 e. The molecule has 1 fully saturated rings. The Balaban J connectivity index is 1.79. The van der Waals surface area contributed by atoms with E-state index in [1.807, 2.05) is 18.2 Å². The third-order valence-electron chi connectivity index (χ3n) is 4.02. The van der Waals surface area contributed by atoms with Gasteiger partial charge in [0.05, 0.1) is 7.11 Å². The molecule has 8 heteroatoms. The Morgan fingerprint density at radius 1 is 1.12 bits per heavy atom. The van der Waals surface area contributed by atoms with Crippen LogP contribution in [0.2, 0.25) is 0 Å². The maximum Gasteiger partial charge on any atom is 0.246 e. The lowest BCUT2D eigenvalue weighted by Gasteiger charge is -2.34. The maximum absolute atomic E-state index is 12.9. The van der Waals surface area contributed by atoms with E-state index in [-0.39, 0.29) is 4.90 Å². The number of piperazine rings is 1. The van der Waals surface area contributed by atoms with Crippen molar-refractivity contribution in [1.29, 1.82) is 0 Å². The van der Waals surface area contributed by atoms with Crippen molar-refractivity contribution in [2.24, 2.45) is 0 Å². The second-order valence-corrected chi connectivity index (χ2v) is 7.40. The number of sulfonamides is 1. The van der Waals surface area contributed by atoms with E-state index in [1.165, 1.54) is 17.5 Å². The Hall–Kier alpha value is -2.32. The fourth-order valence-electron chi connectivity index (χ4n) is 2.73. The maximum atomic E-state index is 12.9. The van der Waals surface area contributed by atoms with Gasteiger partial charge in [-0.3, -0.25) is 0 Å². The number of aromatic nitrogens is 1. The van der Waals surface area contributed by atoms with Crippen molar-refractivity contribution in [1.82, 2.24) is 9.29 Å². The van der Waals surface area contributed by atoms with E-state index in [0.29, 0.717) is 37.6 Å². The molecule has 0 atom stereocenters. The molecule has 0 amide bonds. The molecule has 0 unspecified atom stereocenters. The predicted molar refractivity (Wildman–Crippen MR) is 92.6 cm³/mol. The van der Waals surface area contributed by atoms with Gasteiger partial charge < -0.3 is 15.4 Å².